The molecule has 3 rings (SSSR count). The second kappa shape index (κ2) is 6.22. The molecule has 0 saturated carbocycles. The lowest BCUT2D eigenvalue weighted by molar-refractivity contribution is -0.187. The number of hydrogen-bond acceptors (Lipinski definition) is 3. The van der Waals surface area contributed by atoms with Crippen LogP contribution in [0.2, 0.25) is 0 Å². The number of aliphatic carboxylic acids is 1. The molecule has 0 bridgehead atoms. The Balaban J connectivity index is 1.94. The molecular formula is C17H14F4N2O3. The molecule has 9 heteroatoms. The second-order valence-corrected chi connectivity index (χ2v) is 6.26. The van der Waals surface area contributed by atoms with Crippen molar-refractivity contribution >= 4 is 22.8 Å². The number of rotatable bonds is 2. The van der Waals surface area contributed by atoms with Crippen LogP contribution in [0.5, 0.6) is 0 Å². The minimum Gasteiger partial charge on any atom is -0.481 e. The third kappa shape index (κ3) is 3.21. The molecule has 0 radical (unpaired) electrons. The van der Waals surface area contributed by atoms with Gasteiger partial charge in [0.05, 0.1) is 28.6 Å². The molecule has 0 unspecified atom stereocenters. The Kier molecular flexibility index (Phi) is 4.33. The fourth-order valence-electron chi connectivity index (χ4n) is 3.17. The molecule has 2 heterocycles. The lowest BCUT2D eigenvalue weighted by Gasteiger charge is -2.19. The van der Waals surface area contributed by atoms with Gasteiger partial charge in [0.1, 0.15) is 5.82 Å². The molecule has 2 atom stereocenters. The number of aromatic nitrogens is 1. The lowest BCUT2D eigenvalue weighted by Crippen LogP contribution is -2.34. The number of amides is 1. The minimum atomic E-state index is -4.72. The molecule has 2 aromatic rings. The zero-order valence-electron chi connectivity index (χ0n) is 13.5. The van der Waals surface area contributed by atoms with Crippen molar-refractivity contribution < 1.29 is 32.3 Å². The highest BCUT2D eigenvalue weighted by molar-refractivity contribution is 5.99. The molecule has 0 aliphatic carbocycles. The van der Waals surface area contributed by atoms with E-state index in [0.29, 0.717) is 10.9 Å². The predicted octanol–water partition coefficient (Wildman–Crippen LogP) is 3.02. The molecule has 138 valence electrons. The number of alkyl halides is 3. The number of fused-ring (bicyclic) bond motifs is 1. The predicted molar refractivity (Wildman–Crippen MR) is 83.0 cm³/mol. The average molecular weight is 370 g/mol. The van der Waals surface area contributed by atoms with Gasteiger partial charge in [0.2, 0.25) is 0 Å². The third-order valence-corrected chi connectivity index (χ3v) is 4.55. The van der Waals surface area contributed by atoms with Crippen LogP contribution in [0.3, 0.4) is 0 Å². The van der Waals surface area contributed by atoms with Crippen molar-refractivity contribution in [3.05, 3.63) is 41.3 Å². The average Bonchev–Trinajstić information content (AvgIpc) is 2.99. The van der Waals surface area contributed by atoms with Crippen LogP contribution >= 0.6 is 0 Å². The maximum atomic E-state index is 13.3. The Morgan fingerprint density at radius 1 is 1.23 bits per heavy atom. The number of halogens is 4. The van der Waals surface area contributed by atoms with E-state index in [1.807, 2.05) is 0 Å². The van der Waals surface area contributed by atoms with Gasteiger partial charge in [0.25, 0.3) is 5.91 Å². The van der Waals surface area contributed by atoms with E-state index in [9.17, 15) is 27.2 Å². The van der Waals surface area contributed by atoms with Crippen LogP contribution in [0, 0.1) is 24.6 Å². The summed E-state index contributed by atoms with van der Waals surface area (Å²) in [4.78, 5) is 28.8. The zero-order valence-corrected chi connectivity index (χ0v) is 13.5. The molecule has 1 aromatic carbocycles. The first-order valence-electron chi connectivity index (χ1n) is 7.73. The number of pyridine rings is 1. The Morgan fingerprint density at radius 3 is 2.50 bits per heavy atom. The summed E-state index contributed by atoms with van der Waals surface area (Å²) < 4.78 is 52.5. The van der Waals surface area contributed by atoms with E-state index in [1.165, 1.54) is 31.2 Å². The molecule has 1 amide bonds. The van der Waals surface area contributed by atoms with E-state index in [-0.39, 0.29) is 11.3 Å². The van der Waals surface area contributed by atoms with Gasteiger partial charge in [-0.3, -0.25) is 14.6 Å². The summed E-state index contributed by atoms with van der Waals surface area (Å²) in [5.74, 6) is -6.64. The van der Waals surface area contributed by atoms with Gasteiger partial charge in [0.15, 0.2) is 0 Å². The first-order chi connectivity index (χ1) is 12.1. The zero-order chi connectivity index (χ0) is 19.2. The normalized spacial score (nSPS) is 20.6. The highest BCUT2D eigenvalue weighted by atomic mass is 19.4. The molecule has 5 nitrogen and oxygen atoms in total. The van der Waals surface area contributed by atoms with E-state index in [1.54, 1.807) is 0 Å². The van der Waals surface area contributed by atoms with Crippen molar-refractivity contribution in [2.24, 2.45) is 11.8 Å². The number of carboxylic acids is 1. The quantitative estimate of drug-likeness (QED) is 0.825. The van der Waals surface area contributed by atoms with Gasteiger partial charge in [-0.15, -0.1) is 0 Å². The largest absolute Gasteiger partial charge is 0.481 e. The van der Waals surface area contributed by atoms with Crippen LogP contribution < -0.4 is 0 Å². The Bertz CT molecular complexity index is 897. The van der Waals surface area contributed by atoms with Gasteiger partial charge in [0, 0.05) is 24.5 Å². The fourth-order valence-corrected chi connectivity index (χ4v) is 3.17. The van der Waals surface area contributed by atoms with Gasteiger partial charge in [-0.1, -0.05) is 0 Å². The Morgan fingerprint density at radius 2 is 1.92 bits per heavy atom. The van der Waals surface area contributed by atoms with Gasteiger partial charge < -0.3 is 10.0 Å². The number of carboxylic acid groups (broad SMARTS) is 1. The Hall–Kier alpha value is -2.71. The summed E-state index contributed by atoms with van der Waals surface area (Å²) in [6.45, 7) is 0.239. The van der Waals surface area contributed by atoms with Gasteiger partial charge in [-0.2, -0.15) is 13.2 Å². The first kappa shape index (κ1) is 18.1. The van der Waals surface area contributed by atoms with Crippen molar-refractivity contribution in [1.29, 1.82) is 0 Å². The van der Waals surface area contributed by atoms with E-state index in [4.69, 9.17) is 5.11 Å². The van der Waals surface area contributed by atoms with Crippen molar-refractivity contribution in [1.82, 2.24) is 9.88 Å². The number of hydrogen-bond donors (Lipinski definition) is 1. The Labute approximate surface area is 145 Å². The molecule has 1 aromatic heterocycles. The van der Waals surface area contributed by atoms with Crippen LogP contribution in [0.4, 0.5) is 17.6 Å². The van der Waals surface area contributed by atoms with E-state index >= 15 is 0 Å². The van der Waals surface area contributed by atoms with Crippen molar-refractivity contribution in [3.63, 3.8) is 0 Å². The van der Waals surface area contributed by atoms with Gasteiger partial charge >= 0.3 is 12.1 Å². The molecule has 1 fully saturated rings. The topological polar surface area (TPSA) is 70.5 Å². The number of carbonyl (C=O) groups excluding carboxylic acids is 1. The van der Waals surface area contributed by atoms with Gasteiger partial charge in [-0.05, 0) is 25.1 Å². The fraction of sp³-hybridized carbons (Fsp3) is 0.353. The summed E-state index contributed by atoms with van der Waals surface area (Å²) in [6.07, 6.45) is -4.72. The monoisotopic (exact) mass is 370 g/mol. The van der Waals surface area contributed by atoms with E-state index in [2.05, 4.69) is 4.98 Å². The van der Waals surface area contributed by atoms with E-state index in [0.717, 1.165) is 4.90 Å². The number of nitrogens with zero attached hydrogens (tertiary/aromatic N) is 2. The van der Waals surface area contributed by atoms with E-state index < -0.39 is 48.8 Å². The second-order valence-electron chi connectivity index (χ2n) is 6.26. The van der Waals surface area contributed by atoms with Crippen LogP contribution in [-0.4, -0.2) is 46.1 Å². The molecule has 1 aliphatic rings. The number of benzene rings is 1. The summed E-state index contributed by atoms with van der Waals surface area (Å²) in [5, 5.41) is 9.51. The SMILES string of the molecule is Cc1nc2cc(F)ccc2cc1C(=O)N1C[C@@H](C(F)(F)F)[C@H](C(=O)O)C1. The standard InChI is InChI=1S/C17H14F4N2O3/c1-8-11(4-9-2-3-10(18)5-14(9)22-8)15(24)23-6-12(16(25)26)13(7-23)17(19,20)21/h2-5,12-13H,6-7H2,1H3,(H,25,26)/t12-,13-/m1/s1. The molecule has 1 N–H and O–H groups in total. The van der Waals surface area contributed by atoms with Crippen molar-refractivity contribution in [3.8, 4) is 0 Å². The maximum Gasteiger partial charge on any atom is 0.394 e. The van der Waals surface area contributed by atoms with Crippen LogP contribution in [-0.2, 0) is 4.79 Å². The van der Waals surface area contributed by atoms with Crippen LogP contribution in [0.15, 0.2) is 24.3 Å². The van der Waals surface area contributed by atoms with Gasteiger partial charge in [-0.25, -0.2) is 4.39 Å². The highest BCUT2D eigenvalue weighted by Crippen LogP contribution is 2.38. The molecular weight excluding hydrogens is 356 g/mol. The summed E-state index contributed by atoms with van der Waals surface area (Å²) in [5.41, 5.74) is 0.614. The van der Waals surface area contributed by atoms with Crippen molar-refractivity contribution in [2.75, 3.05) is 13.1 Å². The van der Waals surface area contributed by atoms with Crippen molar-refractivity contribution in [2.45, 2.75) is 13.1 Å². The number of aryl methyl sites for hydroxylation is 1. The smallest absolute Gasteiger partial charge is 0.394 e. The highest BCUT2D eigenvalue weighted by Gasteiger charge is 2.53. The lowest BCUT2D eigenvalue weighted by atomic mass is 9.96. The summed E-state index contributed by atoms with van der Waals surface area (Å²) >= 11 is 0. The molecule has 26 heavy (non-hydrogen) atoms. The van der Waals surface area contributed by atoms with Crippen LogP contribution in [0.1, 0.15) is 16.1 Å². The summed E-state index contributed by atoms with van der Waals surface area (Å²) in [6, 6.07) is 5.21. The maximum absolute atomic E-state index is 13.3. The number of likely N-dealkylation sites (tertiary alicyclic amines) is 1. The van der Waals surface area contributed by atoms with Crippen LogP contribution in [0.25, 0.3) is 10.9 Å². The number of carbonyl (C=O) groups is 2. The third-order valence-electron chi connectivity index (χ3n) is 4.55. The minimum absolute atomic E-state index is 0.0658. The molecule has 1 aliphatic heterocycles. The molecule has 0 spiro atoms. The summed E-state index contributed by atoms with van der Waals surface area (Å²) in [7, 11) is 0. The first-order valence-corrected chi connectivity index (χ1v) is 7.73. The molecule has 1 saturated heterocycles.